The van der Waals surface area contributed by atoms with Crippen LogP contribution in [-0.4, -0.2) is 0 Å². The summed E-state index contributed by atoms with van der Waals surface area (Å²) in [6.45, 7) is 0. The molecule has 0 saturated heterocycles. The smallest absolute Gasteiger partial charge is 0.136 e. The third-order valence-corrected chi connectivity index (χ3v) is 10.2. The Labute approximate surface area is 302 Å². The Hall–Kier alpha value is -6.90. The van der Waals surface area contributed by atoms with Crippen LogP contribution in [0.15, 0.2) is 205 Å². The minimum Gasteiger partial charge on any atom is -0.456 e. The molecule has 1 aromatic heterocycles. The molecule has 2 heteroatoms. The first-order chi connectivity index (χ1) is 25.7. The van der Waals surface area contributed by atoms with Crippen LogP contribution in [0.25, 0.3) is 76.9 Å². The van der Waals surface area contributed by atoms with Crippen molar-refractivity contribution in [2.45, 2.75) is 0 Å². The van der Waals surface area contributed by atoms with E-state index in [2.05, 4.69) is 205 Å². The fourth-order valence-corrected chi connectivity index (χ4v) is 7.59. The number of rotatable bonds is 6. The highest BCUT2D eigenvalue weighted by atomic mass is 16.3. The van der Waals surface area contributed by atoms with Crippen LogP contribution in [0.2, 0.25) is 0 Å². The van der Waals surface area contributed by atoms with Crippen LogP contribution in [0.1, 0.15) is 0 Å². The summed E-state index contributed by atoms with van der Waals surface area (Å²) in [5, 5.41) is 7.11. The highest BCUT2D eigenvalue weighted by molar-refractivity contribution is 6.20. The maximum atomic E-state index is 6.49. The van der Waals surface area contributed by atoms with Crippen molar-refractivity contribution in [3.8, 4) is 33.4 Å². The van der Waals surface area contributed by atoms with E-state index in [4.69, 9.17) is 4.42 Å². The van der Waals surface area contributed by atoms with E-state index in [9.17, 15) is 0 Å². The van der Waals surface area contributed by atoms with Crippen LogP contribution in [0.5, 0.6) is 0 Å². The monoisotopic (exact) mass is 663 g/mol. The summed E-state index contributed by atoms with van der Waals surface area (Å²) in [4.78, 5) is 2.34. The molecule has 0 aliphatic rings. The molecule has 0 N–H and O–H groups in total. The van der Waals surface area contributed by atoms with Gasteiger partial charge in [0.15, 0.2) is 0 Å². The maximum absolute atomic E-state index is 6.49. The molecule has 1 heterocycles. The van der Waals surface area contributed by atoms with Crippen LogP contribution >= 0.6 is 0 Å². The van der Waals surface area contributed by atoms with Crippen molar-refractivity contribution >= 4 is 60.5 Å². The summed E-state index contributed by atoms with van der Waals surface area (Å²) in [7, 11) is 0. The molecule has 52 heavy (non-hydrogen) atoms. The molecular formula is C50H33NO. The van der Waals surface area contributed by atoms with Gasteiger partial charge in [0, 0.05) is 27.8 Å². The first-order valence-electron chi connectivity index (χ1n) is 17.7. The summed E-state index contributed by atoms with van der Waals surface area (Å²) in [5.74, 6) is 0. The largest absolute Gasteiger partial charge is 0.456 e. The number of hydrogen-bond acceptors (Lipinski definition) is 2. The fraction of sp³-hybridized carbons (Fsp3) is 0. The van der Waals surface area contributed by atoms with Crippen LogP contribution in [0, 0.1) is 0 Å². The first kappa shape index (κ1) is 30.0. The fourth-order valence-electron chi connectivity index (χ4n) is 7.59. The minimum absolute atomic E-state index is 0.877. The van der Waals surface area contributed by atoms with Crippen LogP contribution < -0.4 is 4.90 Å². The van der Waals surface area contributed by atoms with Crippen LogP contribution in [0.3, 0.4) is 0 Å². The van der Waals surface area contributed by atoms with Gasteiger partial charge in [0.05, 0.1) is 0 Å². The van der Waals surface area contributed by atoms with Crippen LogP contribution in [0.4, 0.5) is 17.1 Å². The topological polar surface area (TPSA) is 16.4 Å². The number of hydrogen-bond donors (Lipinski definition) is 0. The summed E-state index contributed by atoms with van der Waals surface area (Å²) in [5.41, 5.74) is 12.2. The molecule has 0 spiro atoms. The molecule has 0 atom stereocenters. The molecule has 2 nitrogen and oxygen atoms in total. The Morgan fingerprint density at radius 3 is 1.46 bits per heavy atom. The third-order valence-electron chi connectivity index (χ3n) is 10.2. The quantitative estimate of drug-likeness (QED) is 0.176. The molecule has 0 aliphatic heterocycles. The van der Waals surface area contributed by atoms with Crippen LogP contribution in [-0.2, 0) is 0 Å². The molecule has 0 unspecified atom stereocenters. The average Bonchev–Trinajstić information content (AvgIpc) is 3.60. The highest BCUT2D eigenvalue weighted by Gasteiger charge is 2.18. The summed E-state index contributed by atoms with van der Waals surface area (Å²) in [6.07, 6.45) is 0. The minimum atomic E-state index is 0.877. The van der Waals surface area contributed by atoms with Crippen molar-refractivity contribution in [2.75, 3.05) is 4.90 Å². The second-order valence-electron chi connectivity index (χ2n) is 13.4. The van der Waals surface area contributed by atoms with Crippen molar-refractivity contribution in [1.82, 2.24) is 0 Å². The zero-order valence-electron chi connectivity index (χ0n) is 28.4. The Bertz CT molecular complexity index is 2870. The van der Waals surface area contributed by atoms with Crippen molar-refractivity contribution in [3.05, 3.63) is 200 Å². The van der Waals surface area contributed by atoms with Crippen molar-refractivity contribution in [3.63, 3.8) is 0 Å². The first-order valence-corrected chi connectivity index (χ1v) is 17.7. The second-order valence-corrected chi connectivity index (χ2v) is 13.4. The SMILES string of the molecule is c1ccc(-c2ccc(N(c3ccc(-c4ccc5ccccc5c4)cc3)c3ccc4oc5ccc6ccc(-c7ccccc7)cc6c5c4c3)cc2)cc1. The van der Waals surface area contributed by atoms with Gasteiger partial charge in [0.2, 0.25) is 0 Å². The van der Waals surface area contributed by atoms with Gasteiger partial charge >= 0.3 is 0 Å². The number of nitrogens with zero attached hydrogens (tertiary/aromatic N) is 1. The standard InChI is InChI=1S/C50H33NO/c1-3-9-34(10-4-1)37-19-24-43(25-20-37)51(44-26-21-38(22-27-44)41-17-15-36-13-7-8-14-40(36)31-41)45-28-30-48-47(33-45)50-46-32-42(35-11-5-2-6-12-35)18-16-39(46)23-29-49(50)52-48/h1-33H. The van der Waals surface area contributed by atoms with E-state index in [0.29, 0.717) is 0 Å². The van der Waals surface area contributed by atoms with Gasteiger partial charge in [-0.25, -0.2) is 0 Å². The Morgan fingerprint density at radius 2 is 0.769 bits per heavy atom. The van der Waals surface area contributed by atoms with E-state index < -0.39 is 0 Å². The van der Waals surface area contributed by atoms with E-state index >= 15 is 0 Å². The van der Waals surface area contributed by atoms with E-state index in [-0.39, 0.29) is 0 Å². The van der Waals surface area contributed by atoms with Crippen molar-refractivity contribution in [1.29, 1.82) is 0 Å². The molecule has 10 rings (SSSR count). The number of furan rings is 1. The molecule has 0 fully saturated rings. The van der Waals surface area contributed by atoms with Crippen molar-refractivity contribution < 1.29 is 4.42 Å². The third kappa shape index (κ3) is 5.30. The lowest BCUT2D eigenvalue weighted by molar-refractivity contribution is 0.669. The molecule has 0 bridgehead atoms. The van der Waals surface area contributed by atoms with Gasteiger partial charge in [-0.1, -0.05) is 140 Å². The highest BCUT2D eigenvalue weighted by Crippen LogP contribution is 2.42. The van der Waals surface area contributed by atoms with Gasteiger partial charge in [0.1, 0.15) is 11.2 Å². The predicted octanol–water partition coefficient (Wildman–Crippen LogP) is 14.4. The van der Waals surface area contributed by atoms with Gasteiger partial charge in [-0.3, -0.25) is 0 Å². The Morgan fingerprint density at radius 1 is 0.288 bits per heavy atom. The second kappa shape index (κ2) is 12.5. The van der Waals surface area contributed by atoms with E-state index in [1.807, 2.05) is 0 Å². The maximum Gasteiger partial charge on any atom is 0.136 e. The average molecular weight is 664 g/mol. The Balaban J connectivity index is 1.12. The molecule has 9 aromatic carbocycles. The number of fused-ring (bicyclic) bond motifs is 6. The molecule has 0 radical (unpaired) electrons. The van der Waals surface area contributed by atoms with Gasteiger partial charge in [-0.05, 0) is 116 Å². The van der Waals surface area contributed by atoms with E-state index in [1.54, 1.807) is 0 Å². The zero-order chi connectivity index (χ0) is 34.4. The lowest BCUT2D eigenvalue weighted by atomic mass is 9.98. The van der Waals surface area contributed by atoms with Gasteiger partial charge in [0.25, 0.3) is 0 Å². The summed E-state index contributed by atoms with van der Waals surface area (Å²) >= 11 is 0. The lowest BCUT2D eigenvalue weighted by Gasteiger charge is -2.26. The summed E-state index contributed by atoms with van der Waals surface area (Å²) in [6, 6.07) is 71.7. The molecule has 10 aromatic rings. The number of anilines is 3. The molecular weight excluding hydrogens is 631 g/mol. The Kier molecular flexibility index (Phi) is 7.18. The van der Waals surface area contributed by atoms with Gasteiger partial charge in [-0.15, -0.1) is 0 Å². The van der Waals surface area contributed by atoms with Crippen molar-refractivity contribution in [2.24, 2.45) is 0 Å². The lowest BCUT2D eigenvalue weighted by Crippen LogP contribution is -2.09. The van der Waals surface area contributed by atoms with Gasteiger partial charge < -0.3 is 9.32 Å². The zero-order valence-corrected chi connectivity index (χ0v) is 28.4. The molecule has 0 amide bonds. The molecule has 0 aliphatic carbocycles. The van der Waals surface area contributed by atoms with E-state index in [1.165, 1.54) is 54.9 Å². The predicted molar refractivity (Wildman–Crippen MR) is 220 cm³/mol. The van der Waals surface area contributed by atoms with Gasteiger partial charge in [-0.2, -0.15) is 0 Å². The van der Waals surface area contributed by atoms with E-state index in [0.717, 1.165) is 39.0 Å². The molecule has 244 valence electrons. The number of benzene rings is 9. The normalized spacial score (nSPS) is 11.5. The summed E-state index contributed by atoms with van der Waals surface area (Å²) < 4.78 is 6.49. The molecule has 0 saturated carbocycles.